The summed E-state index contributed by atoms with van der Waals surface area (Å²) >= 11 is 0. The van der Waals surface area contributed by atoms with Gasteiger partial charge in [-0.25, -0.2) is 0 Å². The maximum atomic E-state index is 12.5. The first-order valence-electron chi connectivity index (χ1n) is 10.1. The number of benzene rings is 1. The highest BCUT2D eigenvalue weighted by Crippen LogP contribution is 2.58. The molecule has 1 amide bonds. The Balaban J connectivity index is 1.21. The van der Waals surface area contributed by atoms with Crippen molar-refractivity contribution in [3.05, 3.63) is 24.3 Å². The van der Waals surface area contributed by atoms with Crippen LogP contribution in [-0.2, 0) is 4.79 Å². The van der Waals surface area contributed by atoms with Crippen molar-refractivity contribution in [3.63, 3.8) is 0 Å². The SMILES string of the molecule is CC1CCN(CCOc2ccc(NC(=O)C3CC34CCNCC4)cc2)C1. The van der Waals surface area contributed by atoms with Gasteiger partial charge in [0, 0.05) is 24.7 Å². The van der Waals surface area contributed by atoms with Gasteiger partial charge in [-0.3, -0.25) is 9.69 Å². The van der Waals surface area contributed by atoms with Crippen molar-refractivity contribution in [1.29, 1.82) is 0 Å². The van der Waals surface area contributed by atoms with Crippen LogP contribution in [0.3, 0.4) is 0 Å². The zero-order valence-corrected chi connectivity index (χ0v) is 15.8. The molecule has 0 aromatic heterocycles. The van der Waals surface area contributed by atoms with Crippen LogP contribution in [0.5, 0.6) is 5.75 Å². The molecule has 0 bridgehead atoms. The van der Waals surface area contributed by atoms with E-state index in [0.717, 1.165) is 62.9 Å². The Morgan fingerprint density at radius 1 is 1.31 bits per heavy atom. The van der Waals surface area contributed by atoms with Gasteiger partial charge in [0.05, 0.1) is 0 Å². The van der Waals surface area contributed by atoms with Crippen LogP contribution in [0.25, 0.3) is 0 Å². The van der Waals surface area contributed by atoms with Crippen molar-refractivity contribution >= 4 is 11.6 Å². The number of hydrogen-bond acceptors (Lipinski definition) is 4. The minimum Gasteiger partial charge on any atom is -0.492 e. The number of piperidine rings is 1. The van der Waals surface area contributed by atoms with Crippen molar-refractivity contribution in [2.45, 2.75) is 32.6 Å². The Morgan fingerprint density at radius 2 is 2.08 bits per heavy atom. The Hall–Kier alpha value is -1.59. The zero-order valence-electron chi connectivity index (χ0n) is 15.8. The largest absolute Gasteiger partial charge is 0.492 e. The highest BCUT2D eigenvalue weighted by Gasteiger charge is 2.57. The van der Waals surface area contributed by atoms with Crippen LogP contribution < -0.4 is 15.4 Å². The van der Waals surface area contributed by atoms with E-state index < -0.39 is 0 Å². The molecule has 2 heterocycles. The number of nitrogens with one attached hydrogen (secondary N) is 2. The van der Waals surface area contributed by atoms with E-state index in [4.69, 9.17) is 4.74 Å². The third-order valence-corrected chi connectivity index (χ3v) is 6.41. The first kappa shape index (κ1) is 17.8. The van der Waals surface area contributed by atoms with Crippen LogP contribution in [-0.4, -0.2) is 50.1 Å². The fourth-order valence-electron chi connectivity index (χ4n) is 4.58. The quantitative estimate of drug-likeness (QED) is 0.822. The van der Waals surface area contributed by atoms with Crippen molar-refractivity contribution in [2.75, 3.05) is 44.6 Å². The van der Waals surface area contributed by atoms with E-state index in [1.807, 2.05) is 24.3 Å². The molecule has 2 unspecified atom stereocenters. The van der Waals surface area contributed by atoms with Crippen LogP contribution in [0.1, 0.15) is 32.6 Å². The number of carbonyl (C=O) groups excluding carboxylic acids is 1. The van der Waals surface area contributed by atoms with Gasteiger partial charge in [-0.2, -0.15) is 0 Å². The van der Waals surface area contributed by atoms with E-state index in [1.54, 1.807) is 0 Å². The molecule has 1 aromatic carbocycles. The topological polar surface area (TPSA) is 53.6 Å². The first-order valence-corrected chi connectivity index (χ1v) is 10.1. The number of amides is 1. The molecule has 4 rings (SSSR count). The summed E-state index contributed by atoms with van der Waals surface area (Å²) in [4.78, 5) is 15.0. The van der Waals surface area contributed by atoms with Gasteiger partial charge in [-0.1, -0.05) is 6.92 Å². The number of likely N-dealkylation sites (tertiary alicyclic amines) is 1. The average Bonchev–Trinajstić information content (AvgIpc) is 3.17. The second-order valence-electron chi connectivity index (χ2n) is 8.43. The highest BCUT2D eigenvalue weighted by atomic mass is 16.5. The lowest BCUT2D eigenvalue weighted by Gasteiger charge is -2.23. The van der Waals surface area contributed by atoms with E-state index in [2.05, 4.69) is 22.5 Å². The number of anilines is 1. The van der Waals surface area contributed by atoms with Gasteiger partial charge < -0.3 is 15.4 Å². The zero-order chi connectivity index (χ0) is 18.0. The Morgan fingerprint density at radius 3 is 2.77 bits per heavy atom. The first-order chi connectivity index (χ1) is 12.6. The predicted octanol–water partition coefficient (Wildman–Crippen LogP) is 2.74. The molecule has 0 radical (unpaired) electrons. The summed E-state index contributed by atoms with van der Waals surface area (Å²) in [5.74, 6) is 2.07. The van der Waals surface area contributed by atoms with Crippen LogP contribution in [0, 0.1) is 17.3 Å². The summed E-state index contributed by atoms with van der Waals surface area (Å²) < 4.78 is 5.85. The molecule has 2 aliphatic heterocycles. The summed E-state index contributed by atoms with van der Waals surface area (Å²) in [6, 6.07) is 7.80. The summed E-state index contributed by atoms with van der Waals surface area (Å²) in [5.41, 5.74) is 1.15. The van der Waals surface area contributed by atoms with Crippen molar-refractivity contribution in [3.8, 4) is 5.75 Å². The van der Waals surface area contributed by atoms with E-state index in [0.29, 0.717) is 0 Å². The highest BCUT2D eigenvalue weighted by molar-refractivity contribution is 5.95. The molecular weight excluding hydrogens is 326 g/mol. The number of carbonyl (C=O) groups is 1. The number of hydrogen-bond donors (Lipinski definition) is 2. The minimum atomic E-state index is 0.184. The predicted molar refractivity (Wildman–Crippen MR) is 103 cm³/mol. The smallest absolute Gasteiger partial charge is 0.228 e. The van der Waals surface area contributed by atoms with E-state index >= 15 is 0 Å². The van der Waals surface area contributed by atoms with E-state index in [1.165, 1.54) is 19.5 Å². The van der Waals surface area contributed by atoms with E-state index in [-0.39, 0.29) is 17.2 Å². The molecule has 1 aromatic rings. The molecule has 142 valence electrons. The van der Waals surface area contributed by atoms with Crippen LogP contribution in [0.15, 0.2) is 24.3 Å². The summed E-state index contributed by atoms with van der Waals surface area (Å²) in [7, 11) is 0. The summed E-state index contributed by atoms with van der Waals surface area (Å²) in [6.45, 7) is 8.49. The van der Waals surface area contributed by atoms with Crippen LogP contribution >= 0.6 is 0 Å². The Labute approximate surface area is 156 Å². The van der Waals surface area contributed by atoms with Crippen molar-refractivity contribution < 1.29 is 9.53 Å². The standard InChI is InChI=1S/C21H31N3O2/c1-16-6-11-24(15-16)12-13-26-18-4-2-17(3-5-18)23-20(25)19-14-21(19)7-9-22-10-8-21/h2-5,16,19,22H,6-15H2,1H3,(H,23,25). The van der Waals surface area contributed by atoms with E-state index in [9.17, 15) is 4.79 Å². The Kier molecular flexibility index (Phi) is 5.18. The lowest BCUT2D eigenvalue weighted by atomic mass is 9.92. The van der Waals surface area contributed by atoms with Gasteiger partial charge in [-0.15, -0.1) is 0 Å². The lowest BCUT2D eigenvalue weighted by molar-refractivity contribution is -0.118. The molecule has 2 atom stereocenters. The maximum absolute atomic E-state index is 12.5. The third kappa shape index (κ3) is 4.04. The van der Waals surface area contributed by atoms with Gasteiger partial charge in [0.1, 0.15) is 12.4 Å². The molecular formula is C21H31N3O2. The molecule has 3 aliphatic rings. The third-order valence-electron chi connectivity index (χ3n) is 6.41. The molecule has 5 nitrogen and oxygen atoms in total. The van der Waals surface area contributed by atoms with Crippen LogP contribution in [0.4, 0.5) is 5.69 Å². The molecule has 1 aliphatic carbocycles. The van der Waals surface area contributed by atoms with Crippen molar-refractivity contribution in [1.82, 2.24) is 10.2 Å². The minimum absolute atomic E-state index is 0.184. The summed E-state index contributed by atoms with van der Waals surface area (Å²) in [6.07, 6.45) is 4.62. The molecule has 3 fully saturated rings. The number of ether oxygens (including phenoxy) is 1. The van der Waals surface area contributed by atoms with Gasteiger partial charge in [0.2, 0.25) is 5.91 Å². The normalized spacial score (nSPS) is 27.4. The van der Waals surface area contributed by atoms with Crippen molar-refractivity contribution in [2.24, 2.45) is 17.3 Å². The average molecular weight is 357 g/mol. The van der Waals surface area contributed by atoms with Gasteiger partial charge >= 0.3 is 0 Å². The van der Waals surface area contributed by atoms with Crippen LogP contribution in [0.2, 0.25) is 0 Å². The lowest BCUT2D eigenvalue weighted by Crippen LogP contribution is -2.31. The maximum Gasteiger partial charge on any atom is 0.228 e. The van der Waals surface area contributed by atoms with Gasteiger partial charge in [0.25, 0.3) is 0 Å². The number of nitrogens with zero attached hydrogens (tertiary/aromatic N) is 1. The molecule has 2 saturated heterocycles. The molecule has 2 N–H and O–H groups in total. The Bertz CT molecular complexity index is 625. The number of rotatable bonds is 6. The summed E-state index contributed by atoms with van der Waals surface area (Å²) in [5, 5.41) is 6.47. The second kappa shape index (κ2) is 7.57. The molecule has 1 spiro atoms. The fourth-order valence-corrected chi connectivity index (χ4v) is 4.58. The second-order valence-corrected chi connectivity index (χ2v) is 8.43. The molecule has 26 heavy (non-hydrogen) atoms. The fraction of sp³-hybridized carbons (Fsp3) is 0.667. The molecule has 5 heteroatoms. The monoisotopic (exact) mass is 357 g/mol. The van der Waals surface area contributed by atoms with Gasteiger partial charge in [0.15, 0.2) is 0 Å². The molecule has 1 saturated carbocycles. The van der Waals surface area contributed by atoms with Gasteiger partial charge in [-0.05, 0) is 80.9 Å².